The van der Waals surface area contributed by atoms with Gasteiger partial charge in [-0.15, -0.1) is 12.4 Å². The van der Waals surface area contributed by atoms with E-state index < -0.39 is 5.54 Å². The Morgan fingerprint density at radius 1 is 1.27 bits per heavy atom. The van der Waals surface area contributed by atoms with Crippen molar-refractivity contribution < 1.29 is 9.18 Å². The second kappa shape index (κ2) is 6.89. The number of halogens is 2. The molecule has 0 atom stereocenters. The molecule has 1 amide bonds. The van der Waals surface area contributed by atoms with E-state index in [-0.39, 0.29) is 24.1 Å². The van der Waals surface area contributed by atoms with Gasteiger partial charge in [0.15, 0.2) is 0 Å². The molecule has 2 N–H and O–H groups in total. The first-order valence-electron chi connectivity index (χ1n) is 6.99. The Morgan fingerprint density at radius 3 is 2.55 bits per heavy atom. The van der Waals surface area contributed by atoms with Gasteiger partial charge in [-0.1, -0.05) is 0 Å². The molecule has 0 spiro atoms. The highest BCUT2D eigenvalue weighted by atomic mass is 35.5. The van der Waals surface area contributed by atoms with Crippen molar-refractivity contribution in [3.63, 3.8) is 0 Å². The highest BCUT2D eigenvalue weighted by Crippen LogP contribution is 2.28. The number of nitrogens with zero attached hydrogens (tertiary/aromatic N) is 2. The van der Waals surface area contributed by atoms with E-state index in [4.69, 9.17) is 0 Å². The monoisotopic (exact) mass is 324 g/mol. The normalized spacial score (nSPS) is 16.6. The lowest BCUT2D eigenvalue weighted by Crippen LogP contribution is -2.52. The molecule has 0 radical (unpaired) electrons. The SMILES string of the molecule is Cl.O=C(Nc1ccc(F)cc1)C1(n2cccn2)CCNCC1. The summed E-state index contributed by atoms with van der Waals surface area (Å²) in [7, 11) is 0. The lowest BCUT2D eigenvalue weighted by molar-refractivity contribution is -0.126. The second-order valence-corrected chi connectivity index (χ2v) is 5.19. The fourth-order valence-electron chi connectivity index (χ4n) is 2.70. The highest BCUT2D eigenvalue weighted by Gasteiger charge is 2.41. The molecule has 7 heteroatoms. The molecule has 1 aromatic carbocycles. The molecule has 1 aromatic heterocycles. The fraction of sp³-hybridized carbons (Fsp3) is 0.333. The summed E-state index contributed by atoms with van der Waals surface area (Å²) in [6.45, 7) is 1.52. The van der Waals surface area contributed by atoms with Crippen LogP contribution in [0.2, 0.25) is 0 Å². The molecule has 2 heterocycles. The van der Waals surface area contributed by atoms with E-state index in [0.717, 1.165) is 13.1 Å². The van der Waals surface area contributed by atoms with Gasteiger partial charge in [0.05, 0.1) is 0 Å². The first-order valence-corrected chi connectivity index (χ1v) is 6.99. The van der Waals surface area contributed by atoms with Gasteiger partial charge >= 0.3 is 0 Å². The summed E-state index contributed by atoms with van der Waals surface area (Å²) in [6, 6.07) is 7.60. The van der Waals surface area contributed by atoms with E-state index in [2.05, 4.69) is 15.7 Å². The third-order valence-electron chi connectivity index (χ3n) is 3.90. The Bertz CT molecular complexity index is 609. The summed E-state index contributed by atoms with van der Waals surface area (Å²) < 4.78 is 14.7. The molecule has 0 aliphatic carbocycles. The largest absolute Gasteiger partial charge is 0.324 e. The smallest absolute Gasteiger partial charge is 0.252 e. The van der Waals surface area contributed by atoms with Gasteiger partial charge in [0.1, 0.15) is 11.4 Å². The number of hydrogen-bond donors (Lipinski definition) is 2. The predicted molar refractivity (Wildman–Crippen MR) is 84.6 cm³/mol. The van der Waals surface area contributed by atoms with E-state index >= 15 is 0 Å². The molecule has 22 heavy (non-hydrogen) atoms. The Morgan fingerprint density at radius 2 is 1.95 bits per heavy atom. The van der Waals surface area contributed by atoms with Crippen LogP contribution in [-0.4, -0.2) is 28.8 Å². The standard InChI is InChI=1S/C15H17FN4O.ClH/c16-12-2-4-13(5-3-12)19-14(21)15(6-9-17-10-7-15)20-11-1-8-18-20;/h1-5,8,11,17H,6-7,9-10H2,(H,19,21);1H. The minimum atomic E-state index is -0.691. The average molecular weight is 325 g/mol. The van der Waals surface area contributed by atoms with Crippen LogP contribution in [-0.2, 0) is 10.3 Å². The fourth-order valence-corrected chi connectivity index (χ4v) is 2.70. The summed E-state index contributed by atoms with van der Waals surface area (Å²) in [4.78, 5) is 12.8. The van der Waals surface area contributed by atoms with Crippen LogP contribution in [0.5, 0.6) is 0 Å². The molecule has 0 saturated carbocycles. The number of nitrogens with one attached hydrogen (secondary N) is 2. The molecule has 5 nitrogen and oxygen atoms in total. The number of carbonyl (C=O) groups excluding carboxylic acids is 1. The minimum absolute atomic E-state index is 0. The van der Waals surface area contributed by atoms with E-state index in [1.54, 1.807) is 23.0 Å². The Balaban J connectivity index is 0.00000176. The quantitative estimate of drug-likeness (QED) is 0.909. The van der Waals surface area contributed by atoms with E-state index in [1.807, 2.05) is 12.3 Å². The average Bonchev–Trinajstić information content (AvgIpc) is 3.05. The predicted octanol–water partition coefficient (Wildman–Crippen LogP) is 2.16. The number of aromatic nitrogens is 2. The second-order valence-electron chi connectivity index (χ2n) is 5.19. The van der Waals surface area contributed by atoms with Crippen LogP contribution in [0.25, 0.3) is 0 Å². The van der Waals surface area contributed by atoms with Crippen molar-refractivity contribution in [2.24, 2.45) is 0 Å². The van der Waals surface area contributed by atoms with Crippen LogP contribution in [0, 0.1) is 5.82 Å². The number of piperidine rings is 1. The van der Waals surface area contributed by atoms with Gasteiger partial charge in [0.25, 0.3) is 5.91 Å². The third kappa shape index (κ3) is 3.13. The molecular formula is C15H18ClFN4O. The van der Waals surface area contributed by atoms with Gasteiger partial charge in [-0.05, 0) is 56.3 Å². The lowest BCUT2D eigenvalue weighted by Gasteiger charge is -2.36. The Labute approximate surface area is 134 Å². The summed E-state index contributed by atoms with van der Waals surface area (Å²) in [6.07, 6.45) is 4.83. The zero-order valence-corrected chi connectivity index (χ0v) is 12.8. The summed E-state index contributed by atoms with van der Waals surface area (Å²) in [5, 5.41) is 10.4. The van der Waals surface area contributed by atoms with Gasteiger partial charge in [0, 0.05) is 18.1 Å². The Kier molecular flexibility index (Phi) is 5.15. The lowest BCUT2D eigenvalue weighted by atomic mass is 9.87. The molecule has 2 aromatic rings. The zero-order valence-electron chi connectivity index (χ0n) is 12.0. The number of rotatable bonds is 3. The van der Waals surface area contributed by atoms with Crippen molar-refractivity contribution in [3.05, 3.63) is 48.5 Å². The van der Waals surface area contributed by atoms with Crippen LogP contribution < -0.4 is 10.6 Å². The zero-order chi connectivity index (χ0) is 14.7. The van der Waals surface area contributed by atoms with Crippen LogP contribution in [0.15, 0.2) is 42.7 Å². The number of amides is 1. The van der Waals surface area contributed by atoms with Gasteiger partial charge in [-0.25, -0.2) is 4.39 Å². The summed E-state index contributed by atoms with van der Waals surface area (Å²) >= 11 is 0. The molecule has 1 aliphatic heterocycles. The maximum Gasteiger partial charge on any atom is 0.252 e. The van der Waals surface area contributed by atoms with Crippen molar-refractivity contribution in [1.82, 2.24) is 15.1 Å². The molecule has 1 saturated heterocycles. The molecule has 118 valence electrons. The maximum atomic E-state index is 12.9. The minimum Gasteiger partial charge on any atom is -0.324 e. The van der Waals surface area contributed by atoms with E-state index in [9.17, 15) is 9.18 Å². The van der Waals surface area contributed by atoms with Crippen molar-refractivity contribution in [1.29, 1.82) is 0 Å². The molecule has 3 rings (SSSR count). The van der Waals surface area contributed by atoms with Gasteiger partial charge in [-0.3, -0.25) is 9.48 Å². The number of carbonyl (C=O) groups is 1. The topological polar surface area (TPSA) is 59.0 Å². The van der Waals surface area contributed by atoms with Crippen LogP contribution >= 0.6 is 12.4 Å². The number of hydrogen-bond acceptors (Lipinski definition) is 3. The van der Waals surface area contributed by atoms with Crippen molar-refractivity contribution >= 4 is 24.0 Å². The summed E-state index contributed by atoms with van der Waals surface area (Å²) in [5.74, 6) is -0.434. The molecule has 1 fully saturated rings. The van der Waals surface area contributed by atoms with E-state index in [1.165, 1.54) is 12.1 Å². The molecular weight excluding hydrogens is 307 g/mol. The third-order valence-corrected chi connectivity index (χ3v) is 3.90. The van der Waals surface area contributed by atoms with Crippen LogP contribution in [0.4, 0.5) is 10.1 Å². The number of anilines is 1. The summed E-state index contributed by atoms with van der Waals surface area (Å²) in [5.41, 5.74) is -0.102. The first-order chi connectivity index (χ1) is 10.2. The van der Waals surface area contributed by atoms with Crippen LogP contribution in [0.1, 0.15) is 12.8 Å². The Hall–Kier alpha value is -1.92. The molecule has 0 unspecified atom stereocenters. The van der Waals surface area contributed by atoms with Gasteiger partial charge in [-0.2, -0.15) is 5.10 Å². The van der Waals surface area contributed by atoms with Crippen molar-refractivity contribution in [3.8, 4) is 0 Å². The van der Waals surface area contributed by atoms with Crippen molar-refractivity contribution in [2.75, 3.05) is 18.4 Å². The number of benzene rings is 1. The highest BCUT2D eigenvalue weighted by molar-refractivity contribution is 5.96. The van der Waals surface area contributed by atoms with Gasteiger partial charge in [0.2, 0.25) is 0 Å². The molecule has 0 bridgehead atoms. The van der Waals surface area contributed by atoms with Gasteiger partial charge < -0.3 is 10.6 Å². The molecule has 1 aliphatic rings. The first kappa shape index (κ1) is 16.5. The maximum absolute atomic E-state index is 12.9. The van der Waals surface area contributed by atoms with Crippen LogP contribution in [0.3, 0.4) is 0 Å². The van der Waals surface area contributed by atoms with Crippen molar-refractivity contribution in [2.45, 2.75) is 18.4 Å². The van der Waals surface area contributed by atoms with E-state index in [0.29, 0.717) is 18.5 Å².